The Labute approximate surface area is 152 Å². The second-order valence-electron chi connectivity index (χ2n) is 4.74. The fourth-order valence-corrected chi connectivity index (χ4v) is 5.64. The van der Waals surface area contributed by atoms with E-state index < -0.39 is 0 Å². The van der Waals surface area contributed by atoms with Gasteiger partial charge in [-0.1, -0.05) is 0 Å². The van der Waals surface area contributed by atoms with Crippen LogP contribution in [0.5, 0.6) is 0 Å². The zero-order valence-corrected chi connectivity index (χ0v) is 16.3. The maximum atomic E-state index is 12.4. The van der Waals surface area contributed by atoms with E-state index in [1.807, 2.05) is 0 Å². The van der Waals surface area contributed by atoms with E-state index in [0.717, 1.165) is 33.1 Å². The molecule has 4 nitrogen and oxygen atoms in total. The summed E-state index contributed by atoms with van der Waals surface area (Å²) in [6.45, 7) is 0. The van der Waals surface area contributed by atoms with Crippen molar-refractivity contribution >= 4 is 71.4 Å². The summed E-state index contributed by atoms with van der Waals surface area (Å²) in [5, 5.41) is 3.44. The average molecular weight is 465 g/mol. The highest BCUT2D eigenvalue weighted by atomic mass is 79.9. The summed E-state index contributed by atoms with van der Waals surface area (Å²) in [5.74, 6) is -0.607. The van der Waals surface area contributed by atoms with Gasteiger partial charge in [0.05, 0.1) is 21.3 Å². The summed E-state index contributed by atoms with van der Waals surface area (Å²) in [5.41, 5.74) is 1.55. The van der Waals surface area contributed by atoms with Crippen LogP contribution in [-0.2, 0) is 17.6 Å². The van der Waals surface area contributed by atoms with Gasteiger partial charge >= 0.3 is 5.97 Å². The highest BCUT2D eigenvalue weighted by Crippen LogP contribution is 2.40. The van der Waals surface area contributed by atoms with Crippen LogP contribution < -0.4 is 5.32 Å². The molecule has 2 heterocycles. The number of thiophene rings is 2. The monoisotopic (exact) mass is 463 g/mol. The van der Waals surface area contributed by atoms with Crippen LogP contribution in [0.1, 0.15) is 36.9 Å². The lowest BCUT2D eigenvalue weighted by Gasteiger charge is -2.05. The van der Waals surface area contributed by atoms with Crippen LogP contribution in [-0.4, -0.2) is 19.0 Å². The molecule has 2 aromatic heterocycles. The number of carbonyl (C=O) groups excluding carboxylic acids is 2. The number of ether oxygens (including phenoxy) is 1. The first-order valence-corrected chi connectivity index (χ1v) is 9.72. The Bertz CT molecular complexity index is 747. The molecule has 0 saturated carbocycles. The molecule has 8 heteroatoms. The lowest BCUT2D eigenvalue weighted by atomic mass is 10.1. The zero-order chi connectivity index (χ0) is 15.9. The van der Waals surface area contributed by atoms with Crippen LogP contribution in [0.15, 0.2) is 14.3 Å². The molecule has 1 N–H and O–H groups in total. The van der Waals surface area contributed by atoms with E-state index in [1.54, 1.807) is 6.07 Å². The summed E-state index contributed by atoms with van der Waals surface area (Å²) in [6.07, 6.45) is 2.86. The van der Waals surface area contributed by atoms with Crippen molar-refractivity contribution in [1.82, 2.24) is 0 Å². The third kappa shape index (κ3) is 2.89. The zero-order valence-electron chi connectivity index (χ0n) is 11.5. The van der Waals surface area contributed by atoms with Crippen LogP contribution in [0.2, 0.25) is 0 Å². The van der Waals surface area contributed by atoms with Gasteiger partial charge in [-0.05, 0) is 62.8 Å². The van der Waals surface area contributed by atoms with Gasteiger partial charge in [0.25, 0.3) is 5.91 Å². The van der Waals surface area contributed by atoms with Gasteiger partial charge in [0.1, 0.15) is 5.00 Å². The molecule has 2 aromatic rings. The van der Waals surface area contributed by atoms with Crippen LogP contribution in [0.3, 0.4) is 0 Å². The van der Waals surface area contributed by atoms with Crippen molar-refractivity contribution in [3.05, 3.63) is 35.2 Å². The molecule has 0 fully saturated rings. The molecule has 0 atom stereocenters. The van der Waals surface area contributed by atoms with E-state index in [4.69, 9.17) is 4.74 Å². The lowest BCUT2D eigenvalue weighted by Crippen LogP contribution is -2.13. The fourth-order valence-electron chi connectivity index (χ4n) is 2.43. The Morgan fingerprint density at radius 3 is 2.68 bits per heavy atom. The SMILES string of the molecule is COC(=O)c1c(NC(=O)c2cc(Br)c(Br)s2)sc2c1CCC2. The molecule has 0 aliphatic heterocycles. The summed E-state index contributed by atoms with van der Waals surface area (Å²) in [4.78, 5) is 26.2. The number of nitrogens with one attached hydrogen (secondary N) is 1. The van der Waals surface area contributed by atoms with Gasteiger partial charge in [-0.25, -0.2) is 4.79 Å². The highest BCUT2D eigenvalue weighted by molar-refractivity contribution is 9.13. The van der Waals surface area contributed by atoms with Crippen molar-refractivity contribution in [3.8, 4) is 0 Å². The Kier molecular flexibility index (Phi) is 4.72. The molecule has 0 spiro atoms. The number of methoxy groups -OCH3 is 1. The molecule has 0 saturated heterocycles. The molecule has 0 aromatic carbocycles. The first-order chi connectivity index (χ1) is 10.5. The van der Waals surface area contributed by atoms with Crippen molar-refractivity contribution < 1.29 is 14.3 Å². The number of amides is 1. The number of rotatable bonds is 3. The Hall–Kier alpha value is -0.700. The van der Waals surface area contributed by atoms with Gasteiger partial charge < -0.3 is 10.1 Å². The number of fused-ring (bicyclic) bond motifs is 1. The first kappa shape index (κ1) is 16.2. The van der Waals surface area contributed by atoms with Crippen molar-refractivity contribution in [3.63, 3.8) is 0 Å². The number of carbonyl (C=O) groups is 2. The maximum Gasteiger partial charge on any atom is 0.341 e. The predicted octanol–water partition coefficient (Wildman–Crippen LogP) is 4.86. The minimum Gasteiger partial charge on any atom is -0.465 e. The average Bonchev–Trinajstić information content (AvgIpc) is 3.14. The molecule has 3 rings (SSSR count). The van der Waals surface area contributed by atoms with Crippen LogP contribution in [0.25, 0.3) is 0 Å². The van der Waals surface area contributed by atoms with E-state index in [1.165, 1.54) is 34.7 Å². The van der Waals surface area contributed by atoms with Gasteiger partial charge in [-0.3, -0.25) is 4.79 Å². The summed E-state index contributed by atoms with van der Waals surface area (Å²) < 4.78 is 6.57. The van der Waals surface area contributed by atoms with Crippen molar-refractivity contribution in [1.29, 1.82) is 0 Å². The second kappa shape index (κ2) is 6.43. The van der Waals surface area contributed by atoms with Gasteiger partial charge in [0.15, 0.2) is 0 Å². The Morgan fingerprint density at radius 2 is 2.05 bits per heavy atom. The molecule has 116 valence electrons. The molecule has 1 aliphatic carbocycles. The smallest absolute Gasteiger partial charge is 0.341 e. The van der Waals surface area contributed by atoms with E-state index in [9.17, 15) is 9.59 Å². The molecule has 1 amide bonds. The van der Waals surface area contributed by atoms with Gasteiger partial charge in [0.2, 0.25) is 0 Å². The third-order valence-electron chi connectivity index (χ3n) is 3.41. The lowest BCUT2D eigenvalue weighted by molar-refractivity contribution is 0.0601. The molecule has 0 bridgehead atoms. The van der Waals surface area contributed by atoms with E-state index >= 15 is 0 Å². The Balaban J connectivity index is 1.92. The maximum absolute atomic E-state index is 12.4. The molecule has 0 unspecified atom stereocenters. The number of anilines is 1. The standard InChI is InChI=1S/C14H11Br2NO3S2/c1-20-14(19)10-6-3-2-4-8(6)22-13(10)17-12(18)9-5-7(15)11(16)21-9/h5H,2-4H2,1H3,(H,17,18). The minimum atomic E-state index is -0.386. The molecular weight excluding hydrogens is 454 g/mol. The van der Waals surface area contributed by atoms with Gasteiger partial charge in [0, 0.05) is 9.35 Å². The van der Waals surface area contributed by atoms with Crippen LogP contribution in [0.4, 0.5) is 5.00 Å². The normalized spacial score (nSPS) is 13.0. The summed E-state index contributed by atoms with van der Waals surface area (Å²) in [6, 6.07) is 1.75. The van der Waals surface area contributed by atoms with Gasteiger partial charge in [-0.2, -0.15) is 0 Å². The largest absolute Gasteiger partial charge is 0.465 e. The van der Waals surface area contributed by atoms with Crippen LogP contribution in [0, 0.1) is 0 Å². The molecular formula is C14H11Br2NO3S2. The number of hydrogen-bond acceptors (Lipinski definition) is 5. The number of esters is 1. The second-order valence-corrected chi connectivity index (χ2v) is 9.07. The topological polar surface area (TPSA) is 55.4 Å². The number of aryl methyl sites for hydroxylation is 1. The van der Waals surface area contributed by atoms with Crippen molar-refractivity contribution in [2.75, 3.05) is 12.4 Å². The minimum absolute atomic E-state index is 0.221. The Morgan fingerprint density at radius 1 is 1.27 bits per heavy atom. The predicted molar refractivity (Wildman–Crippen MR) is 95.4 cm³/mol. The van der Waals surface area contributed by atoms with E-state index in [0.29, 0.717) is 15.4 Å². The third-order valence-corrected chi connectivity index (χ3v) is 7.87. The van der Waals surface area contributed by atoms with Crippen LogP contribution >= 0.6 is 54.5 Å². The summed E-state index contributed by atoms with van der Waals surface area (Å²) in [7, 11) is 1.36. The molecule has 1 aliphatic rings. The van der Waals surface area contributed by atoms with E-state index in [2.05, 4.69) is 37.2 Å². The number of hydrogen-bond donors (Lipinski definition) is 1. The molecule has 22 heavy (non-hydrogen) atoms. The van der Waals surface area contributed by atoms with Crippen molar-refractivity contribution in [2.24, 2.45) is 0 Å². The fraction of sp³-hybridized carbons (Fsp3) is 0.286. The summed E-state index contributed by atoms with van der Waals surface area (Å²) >= 11 is 9.56. The molecule has 0 radical (unpaired) electrons. The first-order valence-electron chi connectivity index (χ1n) is 6.50. The van der Waals surface area contributed by atoms with Crippen molar-refractivity contribution in [2.45, 2.75) is 19.3 Å². The van der Waals surface area contributed by atoms with E-state index in [-0.39, 0.29) is 11.9 Å². The van der Waals surface area contributed by atoms with Gasteiger partial charge in [-0.15, -0.1) is 22.7 Å². The number of halogens is 2. The highest BCUT2D eigenvalue weighted by Gasteiger charge is 2.28. The quantitative estimate of drug-likeness (QED) is 0.659.